The molecule has 3 rings (SSSR count). The summed E-state index contributed by atoms with van der Waals surface area (Å²) >= 11 is 0. The van der Waals surface area contributed by atoms with Gasteiger partial charge in [0.15, 0.2) is 0 Å². The summed E-state index contributed by atoms with van der Waals surface area (Å²) in [6.07, 6.45) is 6.63. The average Bonchev–Trinajstić information content (AvgIpc) is 3.11. The molecule has 2 fully saturated rings. The van der Waals surface area contributed by atoms with Gasteiger partial charge in [0.1, 0.15) is 0 Å². The van der Waals surface area contributed by atoms with Crippen LogP contribution in [0.1, 0.15) is 32.6 Å². The van der Waals surface area contributed by atoms with E-state index in [2.05, 4.69) is 4.98 Å². The van der Waals surface area contributed by atoms with Crippen LogP contribution in [0.5, 0.6) is 5.88 Å². The van der Waals surface area contributed by atoms with Crippen LogP contribution < -0.4 is 9.64 Å². The number of rotatable bonds is 4. The van der Waals surface area contributed by atoms with Crippen molar-refractivity contribution in [2.75, 3.05) is 18.6 Å². The Balaban J connectivity index is 1.76. The molecule has 2 bridgehead atoms. The van der Waals surface area contributed by atoms with Crippen LogP contribution in [0.3, 0.4) is 0 Å². The number of ether oxygens (including phenoxy) is 1. The van der Waals surface area contributed by atoms with E-state index in [9.17, 15) is 4.79 Å². The number of anilines is 1. The van der Waals surface area contributed by atoms with Crippen LogP contribution >= 0.6 is 0 Å². The van der Waals surface area contributed by atoms with Gasteiger partial charge in [-0.2, -0.15) is 0 Å². The molecule has 0 saturated heterocycles. The minimum absolute atomic E-state index is 0.232. The highest BCUT2D eigenvalue weighted by molar-refractivity contribution is 5.95. The predicted molar refractivity (Wildman–Crippen MR) is 77.8 cm³/mol. The lowest BCUT2D eigenvalue weighted by atomic mass is 9.87. The summed E-state index contributed by atoms with van der Waals surface area (Å²) in [5.74, 6) is 2.51. The highest BCUT2D eigenvalue weighted by Gasteiger charge is 2.44. The Bertz CT molecular complexity index is 486. The predicted octanol–water partition coefficient (Wildman–Crippen LogP) is 2.88. The molecule has 4 heteroatoms. The number of hydrogen-bond acceptors (Lipinski definition) is 3. The SMILES string of the molecule is CCN(C(=O)[C@H]1C[C@H]2CC[C@H]1C2)c1ccc(OC)nc1. The topological polar surface area (TPSA) is 42.4 Å². The van der Waals surface area contributed by atoms with Crippen molar-refractivity contribution in [3.05, 3.63) is 18.3 Å². The molecular weight excluding hydrogens is 252 g/mol. The van der Waals surface area contributed by atoms with Crippen molar-refractivity contribution in [2.45, 2.75) is 32.6 Å². The van der Waals surface area contributed by atoms with Gasteiger partial charge in [-0.05, 0) is 44.1 Å². The smallest absolute Gasteiger partial charge is 0.230 e. The Morgan fingerprint density at radius 1 is 1.40 bits per heavy atom. The van der Waals surface area contributed by atoms with Crippen LogP contribution in [0.15, 0.2) is 18.3 Å². The van der Waals surface area contributed by atoms with Crippen LogP contribution in [-0.4, -0.2) is 24.5 Å². The van der Waals surface area contributed by atoms with Crippen molar-refractivity contribution in [1.29, 1.82) is 0 Å². The van der Waals surface area contributed by atoms with Gasteiger partial charge in [-0.15, -0.1) is 0 Å². The van der Waals surface area contributed by atoms with E-state index in [1.54, 1.807) is 13.3 Å². The van der Waals surface area contributed by atoms with Gasteiger partial charge in [0.2, 0.25) is 11.8 Å². The summed E-state index contributed by atoms with van der Waals surface area (Å²) in [5.41, 5.74) is 0.876. The zero-order chi connectivity index (χ0) is 14.1. The maximum Gasteiger partial charge on any atom is 0.230 e. The summed E-state index contributed by atoms with van der Waals surface area (Å²) in [4.78, 5) is 18.9. The highest BCUT2D eigenvalue weighted by atomic mass is 16.5. The molecule has 0 radical (unpaired) electrons. The van der Waals surface area contributed by atoms with Gasteiger partial charge < -0.3 is 9.64 Å². The summed E-state index contributed by atoms with van der Waals surface area (Å²) in [6, 6.07) is 3.73. The number of fused-ring (bicyclic) bond motifs is 2. The first kappa shape index (κ1) is 13.4. The van der Waals surface area contributed by atoms with Crippen molar-refractivity contribution in [3.63, 3.8) is 0 Å². The maximum atomic E-state index is 12.8. The second-order valence-corrected chi connectivity index (χ2v) is 5.92. The molecule has 0 N–H and O–H groups in total. The number of methoxy groups -OCH3 is 1. The van der Waals surface area contributed by atoms with Crippen molar-refractivity contribution in [3.8, 4) is 5.88 Å². The average molecular weight is 274 g/mol. The molecule has 108 valence electrons. The fraction of sp³-hybridized carbons (Fsp3) is 0.625. The van der Waals surface area contributed by atoms with Crippen LogP contribution in [0.2, 0.25) is 0 Å². The molecule has 1 heterocycles. The summed E-state index contributed by atoms with van der Waals surface area (Å²) in [7, 11) is 1.60. The van der Waals surface area contributed by atoms with Gasteiger partial charge in [-0.3, -0.25) is 4.79 Å². The number of hydrogen-bond donors (Lipinski definition) is 0. The van der Waals surface area contributed by atoms with Crippen molar-refractivity contribution in [2.24, 2.45) is 17.8 Å². The number of carbonyl (C=O) groups is 1. The molecule has 0 unspecified atom stereocenters. The molecular formula is C16H22N2O2. The van der Waals surface area contributed by atoms with E-state index in [0.717, 1.165) is 18.0 Å². The Hall–Kier alpha value is -1.58. The molecule has 0 aromatic carbocycles. The largest absolute Gasteiger partial charge is 0.481 e. The second-order valence-electron chi connectivity index (χ2n) is 5.92. The summed E-state index contributed by atoms with van der Waals surface area (Å²) in [5, 5.41) is 0. The molecule has 0 spiro atoms. The molecule has 1 amide bonds. The monoisotopic (exact) mass is 274 g/mol. The molecule has 0 aliphatic heterocycles. The quantitative estimate of drug-likeness (QED) is 0.848. The number of carbonyl (C=O) groups excluding carboxylic acids is 1. The molecule has 2 saturated carbocycles. The fourth-order valence-electron chi connectivity index (χ4n) is 3.87. The second kappa shape index (κ2) is 5.43. The van der Waals surface area contributed by atoms with Crippen molar-refractivity contribution in [1.82, 2.24) is 4.98 Å². The third kappa shape index (κ3) is 2.28. The van der Waals surface area contributed by atoms with Crippen LogP contribution in [0.4, 0.5) is 5.69 Å². The van der Waals surface area contributed by atoms with Gasteiger partial charge in [-0.1, -0.05) is 6.42 Å². The molecule has 4 nitrogen and oxygen atoms in total. The minimum Gasteiger partial charge on any atom is -0.481 e. The Morgan fingerprint density at radius 2 is 2.25 bits per heavy atom. The van der Waals surface area contributed by atoms with E-state index >= 15 is 0 Å². The zero-order valence-corrected chi connectivity index (χ0v) is 12.2. The lowest BCUT2D eigenvalue weighted by molar-refractivity contribution is -0.123. The van der Waals surface area contributed by atoms with E-state index in [4.69, 9.17) is 4.74 Å². The van der Waals surface area contributed by atoms with Crippen LogP contribution in [0.25, 0.3) is 0 Å². The fourth-order valence-corrected chi connectivity index (χ4v) is 3.87. The van der Waals surface area contributed by atoms with Gasteiger partial charge in [0, 0.05) is 18.5 Å². The number of aromatic nitrogens is 1. The standard InChI is InChI=1S/C16H22N2O2/c1-3-18(13-6-7-15(20-2)17-10-13)16(19)14-9-11-4-5-12(14)8-11/h6-7,10-12,14H,3-5,8-9H2,1-2H3/t11-,12-,14-/m0/s1. The molecule has 3 atom stereocenters. The van der Waals surface area contributed by atoms with Crippen LogP contribution in [0, 0.1) is 17.8 Å². The Labute approximate surface area is 120 Å². The van der Waals surface area contributed by atoms with Crippen molar-refractivity contribution < 1.29 is 9.53 Å². The molecule has 1 aromatic heterocycles. The normalized spacial score (nSPS) is 27.6. The summed E-state index contributed by atoms with van der Waals surface area (Å²) < 4.78 is 5.07. The van der Waals surface area contributed by atoms with Gasteiger partial charge in [0.05, 0.1) is 19.0 Å². The zero-order valence-electron chi connectivity index (χ0n) is 12.2. The summed E-state index contributed by atoms with van der Waals surface area (Å²) in [6.45, 7) is 2.72. The molecule has 1 aromatic rings. The van der Waals surface area contributed by atoms with Crippen molar-refractivity contribution >= 4 is 11.6 Å². The third-order valence-corrected chi connectivity index (χ3v) is 4.88. The minimum atomic E-state index is 0.232. The Kier molecular flexibility index (Phi) is 3.64. The third-order valence-electron chi connectivity index (χ3n) is 4.88. The lowest BCUT2D eigenvalue weighted by Gasteiger charge is -2.28. The maximum absolute atomic E-state index is 12.8. The number of nitrogens with zero attached hydrogens (tertiary/aromatic N) is 2. The first-order chi connectivity index (χ1) is 9.72. The van der Waals surface area contributed by atoms with E-state index in [0.29, 0.717) is 18.3 Å². The first-order valence-electron chi connectivity index (χ1n) is 7.54. The molecule has 2 aliphatic carbocycles. The van der Waals surface area contributed by atoms with Gasteiger partial charge >= 0.3 is 0 Å². The molecule has 2 aliphatic rings. The van der Waals surface area contributed by atoms with E-state index < -0.39 is 0 Å². The number of amides is 1. The molecule has 20 heavy (non-hydrogen) atoms. The van der Waals surface area contributed by atoms with Crippen LogP contribution in [-0.2, 0) is 4.79 Å². The van der Waals surface area contributed by atoms with E-state index in [1.807, 2.05) is 24.0 Å². The van der Waals surface area contributed by atoms with E-state index in [1.165, 1.54) is 19.3 Å². The van der Waals surface area contributed by atoms with E-state index in [-0.39, 0.29) is 11.8 Å². The first-order valence-corrected chi connectivity index (χ1v) is 7.54. The van der Waals surface area contributed by atoms with Gasteiger partial charge in [0.25, 0.3) is 0 Å². The Morgan fingerprint density at radius 3 is 2.75 bits per heavy atom. The number of pyridine rings is 1. The van der Waals surface area contributed by atoms with Gasteiger partial charge in [-0.25, -0.2) is 4.98 Å². The highest BCUT2D eigenvalue weighted by Crippen LogP contribution is 2.49. The lowest BCUT2D eigenvalue weighted by Crippen LogP contribution is -2.38.